The lowest BCUT2D eigenvalue weighted by atomic mass is 10.2. The monoisotopic (exact) mass is 344 g/mol. The van der Waals surface area contributed by atoms with Gasteiger partial charge >= 0.3 is 0 Å². The van der Waals surface area contributed by atoms with Crippen molar-refractivity contribution in [2.24, 2.45) is 0 Å². The quantitative estimate of drug-likeness (QED) is 0.920. The van der Waals surface area contributed by atoms with Gasteiger partial charge in [0, 0.05) is 29.6 Å². The number of amides is 2. The van der Waals surface area contributed by atoms with E-state index in [9.17, 15) is 9.59 Å². The van der Waals surface area contributed by atoms with Crippen molar-refractivity contribution in [2.75, 3.05) is 18.2 Å². The molecule has 1 N–H and O–H groups in total. The van der Waals surface area contributed by atoms with Gasteiger partial charge in [0.05, 0.1) is 12.5 Å². The highest BCUT2D eigenvalue weighted by Gasteiger charge is 2.32. The smallest absolute Gasteiger partial charge is 0.231 e. The number of thiophene rings is 1. The van der Waals surface area contributed by atoms with Crippen LogP contribution in [0.25, 0.3) is 0 Å². The van der Waals surface area contributed by atoms with Crippen LogP contribution in [0.2, 0.25) is 0 Å². The molecule has 7 heteroatoms. The van der Waals surface area contributed by atoms with E-state index in [4.69, 9.17) is 9.47 Å². The van der Waals surface area contributed by atoms with Crippen LogP contribution in [0.5, 0.6) is 11.5 Å². The molecule has 0 saturated carbocycles. The molecule has 1 aromatic heterocycles. The van der Waals surface area contributed by atoms with Crippen molar-refractivity contribution in [1.82, 2.24) is 5.32 Å². The van der Waals surface area contributed by atoms with Crippen LogP contribution in [-0.4, -0.2) is 31.2 Å². The van der Waals surface area contributed by atoms with Crippen LogP contribution in [0.4, 0.5) is 5.69 Å². The third-order valence-electron chi connectivity index (χ3n) is 4.07. The van der Waals surface area contributed by atoms with Crippen molar-refractivity contribution in [1.29, 1.82) is 0 Å². The molecule has 2 aliphatic heterocycles. The van der Waals surface area contributed by atoms with E-state index in [-0.39, 0.29) is 24.6 Å². The number of carbonyl (C=O) groups is 2. The van der Waals surface area contributed by atoms with Crippen molar-refractivity contribution in [3.8, 4) is 11.5 Å². The maximum absolute atomic E-state index is 12.3. The standard InChI is InChI=1S/C17H16N2O4S/c20-16(8-13-2-1-5-24-13)18-11-6-17(21)19(9-11)12-3-4-14-15(7-12)23-10-22-14/h1-5,7,11H,6,8-10H2,(H,18,20)/t11-/m1/s1. The number of nitrogens with one attached hydrogen (secondary N) is 1. The molecule has 3 heterocycles. The molecule has 2 aliphatic rings. The van der Waals surface area contributed by atoms with Gasteiger partial charge in [0.15, 0.2) is 11.5 Å². The lowest BCUT2D eigenvalue weighted by Crippen LogP contribution is -2.37. The third-order valence-corrected chi connectivity index (χ3v) is 4.95. The fourth-order valence-corrected chi connectivity index (χ4v) is 3.66. The predicted octanol–water partition coefficient (Wildman–Crippen LogP) is 1.94. The first-order valence-electron chi connectivity index (χ1n) is 7.71. The second-order valence-electron chi connectivity index (χ2n) is 5.77. The second kappa shape index (κ2) is 6.16. The lowest BCUT2D eigenvalue weighted by Gasteiger charge is -2.17. The average molecular weight is 344 g/mol. The Labute approximate surface area is 143 Å². The normalized spacial score (nSPS) is 18.9. The number of fused-ring (bicyclic) bond motifs is 1. The van der Waals surface area contributed by atoms with E-state index in [1.54, 1.807) is 28.4 Å². The van der Waals surface area contributed by atoms with Crippen molar-refractivity contribution in [3.63, 3.8) is 0 Å². The summed E-state index contributed by atoms with van der Waals surface area (Å²) in [5, 5.41) is 4.90. The number of hydrogen-bond acceptors (Lipinski definition) is 5. The molecule has 0 aliphatic carbocycles. The SMILES string of the molecule is O=C(Cc1cccs1)N[C@@H]1CC(=O)N(c2ccc3c(c2)OCO3)C1. The second-order valence-corrected chi connectivity index (χ2v) is 6.80. The third kappa shape index (κ3) is 2.94. The maximum atomic E-state index is 12.3. The molecular weight excluding hydrogens is 328 g/mol. The fourth-order valence-electron chi connectivity index (χ4n) is 2.96. The van der Waals surface area contributed by atoms with E-state index in [2.05, 4.69) is 5.32 Å². The largest absolute Gasteiger partial charge is 0.454 e. The molecule has 0 unspecified atom stereocenters. The maximum Gasteiger partial charge on any atom is 0.231 e. The Morgan fingerprint density at radius 1 is 1.29 bits per heavy atom. The number of rotatable bonds is 4. The number of benzene rings is 1. The number of nitrogens with zero attached hydrogens (tertiary/aromatic N) is 1. The van der Waals surface area contributed by atoms with Gasteiger partial charge in [-0.2, -0.15) is 0 Å². The van der Waals surface area contributed by atoms with Crippen LogP contribution in [0.15, 0.2) is 35.7 Å². The molecule has 24 heavy (non-hydrogen) atoms. The zero-order chi connectivity index (χ0) is 16.5. The lowest BCUT2D eigenvalue weighted by molar-refractivity contribution is -0.121. The van der Waals surface area contributed by atoms with E-state index in [0.29, 0.717) is 30.9 Å². The minimum Gasteiger partial charge on any atom is -0.454 e. The molecule has 0 radical (unpaired) electrons. The zero-order valence-corrected chi connectivity index (χ0v) is 13.7. The molecule has 124 valence electrons. The summed E-state index contributed by atoms with van der Waals surface area (Å²) in [6, 6.07) is 9.12. The molecule has 1 saturated heterocycles. The van der Waals surface area contributed by atoms with E-state index in [1.165, 1.54) is 0 Å². The summed E-state index contributed by atoms with van der Waals surface area (Å²) in [4.78, 5) is 27.1. The molecular formula is C17H16N2O4S. The van der Waals surface area contributed by atoms with Crippen LogP contribution >= 0.6 is 11.3 Å². The van der Waals surface area contributed by atoms with Gasteiger partial charge in [-0.1, -0.05) is 6.07 Å². The Morgan fingerprint density at radius 2 is 2.17 bits per heavy atom. The first kappa shape index (κ1) is 15.0. The Hall–Kier alpha value is -2.54. The Kier molecular flexibility index (Phi) is 3.86. The van der Waals surface area contributed by atoms with E-state index in [0.717, 1.165) is 10.6 Å². The van der Waals surface area contributed by atoms with E-state index >= 15 is 0 Å². The van der Waals surface area contributed by atoms with Gasteiger partial charge in [0.1, 0.15) is 0 Å². The molecule has 1 aromatic carbocycles. The highest BCUT2D eigenvalue weighted by Crippen LogP contribution is 2.36. The minimum atomic E-state index is -0.171. The predicted molar refractivity (Wildman–Crippen MR) is 89.5 cm³/mol. The molecule has 1 fully saturated rings. The molecule has 6 nitrogen and oxygen atoms in total. The molecule has 2 amide bonds. The molecule has 1 atom stereocenters. The van der Waals surface area contributed by atoms with Gasteiger partial charge in [-0.15, -0.1) is 11.3 Å². The summed E-state index contributed by atoms with van der Waals surface area (Å²) in [5.41, 5.74) is 0.763. The van der Waals surface area contributed by atoms with E-state index < -0.39 is 0 Å². The van der Waals surface area contributed by atoms with Gasteiger partial charge in [-0.05, 0) is 23.6 Å². The number of hydrogen-bond donors (Lipinski definition) is 1. The molecule has 2 aromatic rings. The van der Waals surface area contributed by atoms with Crippen molar-refractivity contribution >= 4 is 28.8 Å². The zero-order valence-electron chi connectivity index (χ0n) is 12.9. The molecule has 0 bridgehead atoms. The average Bonchev–Trinajstić information content (AvgIpc) is 3.27. The van der Waals surface area contributed by atoms with Crippen LogP contribution in [0, 0.1) is 0 Å². The van der Waals surface area contributed by atoms with Gasteiger partial charge in [0.2, 0.25) is 18.6 Å². The number of carbonyl (C=O) groups excluding carboxylic acids is 2. The van der Waals surface area contributed by atoms with Crippen LogP contribution < -0.4 is 19.7 Å². The topological polar surface area (TPSA) is 67.9 Å². The summed E-state index contributed by atoms with van der Waals surface area (Å²) in [6.07, 6.45) is 0.664. The van der Waals surface area contributed by atoms with Crippen molar-refractivity contribution in [2.45, 2.75) is 18.9 Å². The number of ether oxygens (including phenoxy) is 2. The molecule has 0 spiro atoms. The van der Waals surface area contributed by atoms with Gasteiger partial charge in [-0.25, -0.2) is 0 Å². The van der Waals surface area contributed by atoms with E-state index in [1.807, 2.05) is 23.6 Å². The van der Waals surface area contributed by atoms with Crippen LogP contribution in [0.1, 0.15) is 11.3 Å². The van der Waals surface area contributed by atoms with Gasteiger partial charge < -0.3 is 19.7 Å². The van der Waals surface area contributed by atoms with Gasteiger partial charge in [-0.3, -0.25) is 9.59 Å². The summed E-state index contributed by atoms with van der Waals surface area (Å²) in [7, 11) is 0. The highest BCUT2D eigenvalue weighted by atomic mass is 32.1. The first-order chi connectivity index (χ1) is 11.7. The summed E-state index contributed by atoms with van der Waals surface area (Å²) in [6.45, 7) is 0.669. The Bertz CT molecular complexity index is 775. The fraction of sp³-hybridized carbons (Fsp3) is 0.294. The van der Waals surface area contributed by atoms with Crippen LogP contribution in [0.3, 0.4) is 0 Å². The Balaban J connectivity index is 1.40. The minimum absolute atomic E-state index is 0.00436. The highest BCUT2D eigenvalue weighted by molar-refractivity contribution is 7.10. The summed E-state index contributed by atoms with van der Waals surface area (Å²) < 4.78 is 10.6. The first-order valence-corrected chi connectivity index (χ1v) is 8.59. The van der Waals surface area contributed by atoms with Crippen LogP contribution in [-0.2, 0) is 16.0 Å². The van der Waals surface area contributed by atoms with Crippen molar-refractivity contribution in [3.05, 3.63) is 40.6 Å². The van der Waals surface area contributed by atoms with Crippen molar-refractivity contribution < 1.29 is 19.1 Å². The summed E-state index contributed by atoms with van der Waals surface area (Å²) in [5.74, 6) is 1.27. The number of anilines is 1. The molecule has 4 rings (SSSR count). The summed E-state index contributed by atoms with van der Waals surface area (Å²) >= 11 is 1.55. The van der Waals surface area contributed by atoms with Gasteiger partial charge in [0.25, 0.3) is 0 Å². The Morgan fingerprint density at radius 3 is 3.00 bits per heavy atom.